The normalized spacial score (nSPS) is 12.5. The van der Waals surface area contributed by atoms with Crippen LogP contribution in [0.1, 0.15) is 43.7 Å². The van der Waals surface area contributed by atoms with Gasteiger partial charge in [-0.05, 0) is 42.7 Å². The Morgan fingerprint density at radius 3 is 2.33 bits per heavy atom. The number of nitrogens with one attached hydrogen (secondary N) is 1. The highest BCUT2D eigenvalue weighted by Gasteiger charge is 2.21. The van der Waals surface area contributed by atoms with Gasteiger partial charge in [-0.2, -0.15) is 0 Å². The van der Waals surface area contributed by atoms with Crippen LogP contribution in [0.25, 0.3) is 0 Å². The number of hydrogen-bond acceptors (Lipinski definition) is 4. The zero-order valence-electron chi connectivity index (χ0n) is 15.2. The molecule has 0 heterocycles. The summed E-state index contributed by atoms with van der Waals surface area (Å²) in [5.74, 6) is -0.731. The van der Waals surface area contributed by atoms with Crippen LogP contribution in [0, 0.1) is 5.82 Å². The van der Waals surface area contributed by atoms with Crippen LogP contribution >= 0.6 is 0 Å². The summed E-state index contributed by atoms with van der Waals surface area (Å²) in [6, 6.07) is 13.6. The van der Waals surface area contributed by atoms with E-state index in [1.54, 1.807) is 0 Å². The van der Waals surface area contributed by atoms with Crippen LogP contribution < -0.4 is 4.72 Å². The third kappa shape index (κ3) is 6.77. The summed E-state index contributed by atoms with van der Waals surface area (Å²) in [7, 11) is -2.42. The highest BCUT2D eigenvalue weighted by Crippen LogP contribution is 2.23. The second-order valence-electron chi connectivity index (χ2n) is 6.21. The van der Waals surface area contributed by atoms with Crippen LogP contribution in [0.15, 0.2) is 59.5 Å². The molecule has 2 aromatic rings. The van der Waals surface area contributed by atoms with Gasteiger partial charge in [0, 0.05) is 12.5 Å². The average molecular weight is 393 g/mol. The molecular weight excluding hydrogens is 369 g/mol. The van der Waals surface area contributed by atoms with Crippen LogP contribution in [0.5, 0.6) is 0 Å². The summed E-state index contributed by atoms with van der Waals surface area (Å²) in [5, 5.41) is 0. The third-order valence-electron chi connectivity index (χ3n) is 4.22. The molecule has 0 amide bonds. The van der Waals surface area contributed by atoms with Crippen molar-refractivity contribution in [3.63, 3.8) is 0 Å². The van der Waals surface area contributed by atoms with Gasteiger partial charge in [0.05, 0.1) is 12.0 Å². The van der Waals surface area contributed by atoms with Crippen molar-refractivity contribution in [1.82, 2.24) is 4.72 Å². The molecule has 1 N–H and O–H groups in total. The molecule has 0 saturated carbocycles. The largest absolute Gasteiger partial charge is 0.469 e. The highest BCUT2D eigenvalue weighted by atomic mass is 32.2. The predicted molar refractivity (Wildman–Crippen MR) is 101 cm³/mol. The molecule has 0 bridgehead atoms. The van der Waals surface area contributed by atoms with Crippen molar-refractivity contribution in [2.24, 2.45) is 0 Å². The van der Waals surface area contributed by atoms with Crippen LogP contribution in [-0.2, 0) is 19.6 Å². The van der Waals surface area contributed by atoms with E-state index in [0.717, 1.165) is 30.5 Å². The predicted octanol–water partition coefficient (Wildman–Crippen LogP) is 3.97. The SMILES string of the molecule is COC(=O)CCCCCC(NS(=O)(=O)c1ccc(F)cc1)c1ccccc1. The molecule has 2 aromatic carbocycles. The van der Waals surface area contributed by atoms with Gasteiger partial charge in [-0.3, -0.25) is 4.79 Å². The number of rotatable bonds is 10. The van der Waals surface area contributed by atoms with Gasteiger partial charge >= 0.3 is 5.97 Å². The minimum atomic E-state index is -3.78. The Labute approximate surface area is 159 Å². The zero-order valence-corrected chi connectivity index (χ0v) is 16.0. The molecule has 0 fully saturated rings. The van der Waals surface area contributed by atoms with E-state index in [4.69, 9.17) is 0 Å². The molecule has 0 aliphatic rings. The first-order valence-corrected chi connectivity index (χ1v) is 10.3. The van der Waals surface area contributed by atoms with Crippen molar-refractivity contribution in [1.29, 1.82) is 0 Å². The van der Waals surface area contributed by atoms with Crippen molar-refractivity contribution < 1.29 is 22.3 Å². The zero-order chi connectivity index (χ0) is 19.7. The lowest BCUT2D eigenvalue weighted by Gasteiger charge is -2.19. The molecule has 0 aliphatic heterocycles. The minimum absolute atomic E-state index is 0.0236. The number of carbonyl (C=O) groups is 1. The summed E-state index contributed by atoms with van der Waals surface area (Å²) < 4.78 is 45.7. The Morgan fingerprint density at radius 1 is 1.04 bits per heavy atom. The van der Waals surface area contributed by atoms with Crippen molar-refractivity contribution >= 4 is 16.0 Å². The standard InChI is InChI=1S/C20H24FNO4S/c1-26-20(23)11-7-3-6-10-19(16-8-4-2-5-9-16)22-27(24,25)18-14-12-17(21)13-15-18/h2,4-5,8-9,12-15,19,22H,3,6-7,10-11H2,1H3. The van der Waals surface area contributed by atoms with E-state index in [1.807, 2.05) is 30.3 Å². The average Bonchev–Trinajstić information content (AvgIpc) is 2.67. The fourth-order valence-corrected chi connectivity index (χ4v) is 4.00. The number of sulfonamides is 1. The lowest BCUT2D eigenvalue weighted by Crippen LogP contribution is -2.28. The van der Waals surface area contributed by atoms with Crippen molar-refractivity contribution in [3.05, 3.63) is 66.0 Å². The first kappa shape index (κ1) is 21.1. The maximum atomic E-state index is 13.1. The van der Waals surface area contributed by atoms with Crippen molar-refractivity contribution in [3.8, 4) is 0 Å². The molecule has 0 spiro atoms. The second-order valence-corrected chi connectivity index (χ2v) is 7.93. The van der Waals surface area contributed by atoms with Gasteiger partial charge in [-0.1, -0.05) is 43.2 Å². The number of halogens is 1. The summed E-state index contributed by atoms with van der Waals surface area (Å²) >= 11 is 0. The first-order valence-electron chi connectivity index (χ1n) is 8.82. The van der Waals surface area contributed by atoms with Gasteiger partial charge in [0.25, 0.3) is 0 Å². The van der Waals surface area contributed by atoms with E-state index in [1.165, 1.54) is 19.2 Å². The number of ether oxygens (including phenoxy) is 1. The number of benzene rings is 2. The van der Waals surface area contributed by atoms with Gasteiger partial charge in [0.2, 0.25) is 10.0 Å². The van der Waals surface area contributed by atoms with E-state index in [0.29, 0.717) is 19.3 Å². The van der Waals surface area contributed by atoms with Crippen LogP contribution in [0.2, 0.25) is 0 Å². The van der Waals surface area contributed by atoms with E-state index in [-0.39, 0.29) is 10.9 Å². The third-order valence-corrected chi connectivity index (χ3v) is 5.71. The first-order chi connectivity index (χ1) is 12.9. The van der Waals surface area contributed by atoms with Gasteiger partial charge in [-0.25, -0.2) is 17.5 Å². The molecule has 0 aliphatic carbocycles. The van der Waals surface area contributed by atoms with E-state index in [2.05, 4.69) is 9.46 Å². The Kier molecular flexibility index (Phi) is 7.94. The van der Waals surface area contributed by atoms with E-state index < -0.39 is 21.9 Å². The number of esters is 1. The summed E-state index contributed by atoms with van der Waals surface area (Å²) in [4.78, 5) is 11.2. The molecule has 0 saturated heterocycles. The lowest BCUT2D eigenvalue weighted by atomic mass is 10.0. The van der Waals surface area contributed by atoms with Crippen molar-refractivity contribution in [2.75, 3.05) is 7.11 Å². The molecule has 0 aromatic heterocycles. The number of hydrogen-bond donors (Lipinski definition) is 1. The van der Waals surface area contributed by atoms with Gasteiger partial charge in [-0.15, -0.1) is 0 Å². The van der Waals surface area contributed by atoms with Crippen LogP contribution in [-0.4, -0.2) is 21.5 Å². The van der Waals surface area contributed by atoms with Gasteiger partial charge in [0.15, 0.2) is 0 Å². The lowest BCUT2D eigenvalue weighted by molar-refractivity contribution is -0.140. The maximum Gasteiger partial charge on any atom is 0.305 e. The minimum Gasteiger partial charge on any atom is -0.469 e. The molecule has 27 heavy (non-hydrogen) atoms. The summed E-state index contributed by atoms with van der Waals surface area (Å²) in [6.07, 6.45) is 3.18. The Bertz CT molecular complexity index is 823. The van der Waals surface area contributed by atoms with Crippen LogP contribution in [0.3, 0.4) is 0 Å². The molecule has 5 nitrogen and oxygen atoms in total. The second kappa shape index (κ2) is 10.2. The number of methoxy groups -OCH3 is 1. The van der Waals surface area contributed by atoms with E-state index in [9.17, 15) is 17.6 Å². The summed E-state index contributed by atoms with van der Waals surface area (Å²) in [5.41, 5.74) is 0.858. The van der Waals surface area contributed by atoms with Gasteiger partial charge in [0.1, 0.15) is 5.82 Å². The fourth-order valence-electron chi connectivity index (χ4n) is 2.74. The number of unbranched alkanes of at least 4 members (excludes halogenated alkanes) is 2. The molecule has 2 rings (SSSR count). The molecular formula is C20H24FNO4S. The number of carbonyl (C=O) groups excluding carboxylic acids is 1. The van der Waals surface area contributed by atoms with Crippen molar-refractivity contribution in [2.45, 2.75) is 43.0 Å². The van der Waals surface area contributed by atoms with Crippen LogP contribution in [0.4, 0.5) is 4.39 Å². The summed E-state index contributed by atoms with van der Waals surface area (Å²) in [6.45, 7) is 0. The van der Waals surface area contributed by atoms with Gasteiger partial charge < -0.3 is 4.74 Å². The smallest absolute Gasteiger partial charge is 0.305 e. The topological polar surface area (TPSA) is 72.5 Å². The Hall–Kier alpha value is -2.25. The monoisotopic (exact) mass is 393 g/mol. The van der Waals surface area contributed by atoms with E-state index >= 15 is 0 Å². The fraction of sp³-hybridized carbons (Fsp3) is 0.350. The Morgan fingerprint density at radius 2 is 1.70 bits per heavy atom. The molecule has 7 heteroatoms. The Balaban J connectivity index is 2.04. The molecule has 1 unspecified atom stereocenters. The maximum absolute atomic E-state index is 13.1. The molecule has 0 radical (unpaired) electrons. The highest BCUT2D eigenvalue weighted by molar-refractivity contribution is 7.89. The molecule has 146 valence electrons. The quantitative estimate of drug-likeness (QED) is 0.490. The molecule has 1 atom stereocenters.